The molecule has 1 aromatic carbocycles. The van der Waals surface area contributed by atoms with Crippen LogP contribution in [0.25, 0.3) is 11.3 Å². The molecule has 0 atom stereocenters. The van der Waals surface area contributed by atoms with E-state index < -0.39 is 5.82 Å². The molecule has 3 rings (SSSR count). The lowest BCUT2D eigenvalue weighted by atomic mass is 10.1. The molecule has 0 bridgehead atoms. The van der Waals surface area contributed by atoms with Gasteiger partial charge in [0.15, 0.2) is 5.13 Å². The van der Waals surface area contributed by atoms with Crippen molar-refractivity contribution in [3.8, 4) is 11.3 Å². The van der Waals surface area contributed by atoms with Gasteiger partial charge in [0.2, 0.25) is 5.91 Å². The van der Waals surface area contributed by atoms with Crippen molar-refractivity contribution in [3.05, 3.63) is 53.6 Å². The number of carbonyl (C=O) groups is 2. The van der Waals surface area contributed by atoms with E-state index in [-0.39, 0.29) is 17.4 Å². The highest BCUT2D eigenvalue weighted by atomic mass is 32.1. The molecule has 0 aliphatic carbocycles. The molecule has 2 heterocycles. The molecule has 8 heteroatoms. The average Bonchev–Trinajstić information content (AvgIpc) is 3.18. The summed E-state index contributed by atoms with van der Waals surface area (Å²) in [5.74, 6) is -1.15. The highest BCUT2D eigenvalue weighted by Gasteiger charge is 2.13. The van der Waals surface area contributed by atoms with Gasteiger partial charge in [-0.15, -0.1) is 11.3 Å². The number of rotatable bonds is 4. The lowest BCUT2D eigenvalue weighted by Gasteiger charge is -2.04. The highest BCUT2D eigenvalue weighted by molar-refractivity contribution is 7.14. The molecule has 0 aliphatic heterocycles. The molecule has 0 saturated heterocycles. The van der Waals surface area contributed by atoms with Gasteiger partial charge in [-0.05, 0) is 24.3 Å². The number of carbonyl (C=O) groups excluding carboxylic acids is 2. The molecular formula is C16H12FN3O3S. The number of furan rings is 1. The number of amides is 2. The number of thiazole rings is 1. The third kappa shape index (κ3) is 3.49. The van der Waals surface area contributed by atoms with Gasteiger partial charge in [0.05, 0.1) is 17.5 Å². The van der Waals surface area contributed by atoms with E-state index in [1.165, 1.54) is 49.0 Å². The van der Waals surface area contributed by atoms with E-state index in [2.05, 4.69) is 15.6 Å². The molecule has 0 saturated carbocycles. The van der Waals surface area contributed by atoms with E-state index in [1.807, 2.05) is 0 Å². The van der Waals surface area contributed by atoms with Crippen LogP contribution < -0.4 is 10.6 Å². The Morgan fingerprint density at radius 1 is 1.25 bits per heavy atom. The smallest absolute Gasteiger partial charge is 0.260 e. The molecule has 2 aromatic heterocycles. The van der Waals surface area contributed by atoms with Gasteiger partial charge < -0.3 is 9.73 Å². The molecule has 122 valence electrons. The fraction of sp³-hybridized carbons (Fsp3) is 0.0625. The Bertz CT molecular complexity index is 890. The van der Waals surface area contributed by atoms with Gasteiger partial charge in [-0.3, -0.25) is 14.9 Å². The van der Waals surface area contributed by atoms with Crippen LogP contribution in [-0.2, 0) is 4.79 Å². The zero-order valence-corrected chi connectivity index (χ0v) is 13.3. The van der Waals surface area contributed by atoms with E-state index >= 15 is 0 Å². The molecule has 3 aromatic rings. The number of hydrogen-bond donors (Lipinski definition) is 2. The van der Waals surface area contributed by atoms with Crippen LogP contribution in [0, 0.1) is 5.82 Å². The molecule has 0 unspecified atom stereocenters. The minimum atomic E-state index is -0.515. The van der Waals surface area contributed by atoms with Gasteiger partial charge in [-0.25, -0.2) is 9.37 Å². The van der Waals surface area contributed by atoms with Crippen molar-refractivity contribution in [3.63, 3.8) is 0 Å². The summed E-state index contributed by atoms with van der Waals surface area (Å²) < 4.78 is 19.0. The summed E-state index contributed by atoms with van der Waals surface area (Å²) in [6, 6.07) is 5.87. The molecule has 2 N–H and O–H groups in total. The van der Waals surface area contributed by atoms with Crippen LogP contribution in [0.3, 0.4) is 0 Å². The number of nitrogens with zero attached hydrogens (tertiary/aromatic N) is 1. The Morgan fingerprint density at radius 2 is 2.08 bits per heavy atom. The molecule has 0 radical (unpaired) electrons. The monoisotopic (exact) mass is 345 g/mol. The third-order valence-electron chi connectivity index (χ3n) is 3.07. The van der Waals surface area contributed by atoms with Crippen molar-refractivity contribution in [1.29, 1.82) is 0 Å². The number of nitrogens with one attached hydrogen (secondary N) is 2. The van der Waals surface area contributed by atoms with E-state index in [0.717, 1.165) is 0 Å². The topological polar surface area (TPSA) is 84.2 Å². The first-order valence-electron chi connectivity index (χ1n) is 6.89. The highest BCUT2D eigenvalue weighted by Crippen LogP contribution is 2.28. The zero-order chi connectivity index (χ0) is 17.1. The summed E-state index contributed by atoms with van der Waals surface area (Å²) in [6.07, 6.45) is 2.72. The summed E-state index contributed by atoms with van der Waals surface area (Å²) in [5, 5.41) is 7.12. The van der Waals surface area contributed by atoms with E-state index in [0.29, 0.717) is 22.1 Å². The molecule has 0 fully saturated rings. The predicted octanol–water partition coefficient (Wildman–Crippen LogP) is 3.75. The summed E-state index contributed by atoms with van der Waals surface area (Å²) in [7, 11) is 0. The van der Waals surface area contributed by atoms with E-state index in [9.17, 15) is 14.0 Å². The summed E-state index contributed by atoms with van der Waals surface area (Å²) >= 11 is 1.18. The summed E-state index contributed by atoms with van der Waals surface area (Å²) in [4.78, 5) is 27.1. The minimum absolute atomic E-state index is 0.278. The summed E-state index contributed by atoms with van der Waals surface area (Å²) in [6.45, 7) is 1.35. The van der Waals surface area contributed by atoms with Gasteiger partial charge in [0, 0.05) is 23.6 Å². The minimum Gasteiger partial charge on any atom is -0.472 e. The van der Waals surface area contributed by atoms with Gasteiger partial charge in [0.25, 0.3) is 5.91 Å². The van der Waals surface area contributed by atoms with E-state index in [1.54, 1.807) is 11.4 Å². The molecule has 0 spiro atoms. The quantitative estimate of drug-likeness (QED) is 0.754. The fourth-order valence-electron chi connectivity index (χ4n) is 2.02. The van der Waals surface area contributed by atoms with Crippen molar-refractivity contribution in [1.82, 2.24) is 4.98 Å². The molecular weight excluding hydrogens is 333 g/mol. The van der Waals surface area contributed by atoms with Crippen molar-refractivity contribution >= 4 is 34.0 Å². The van der Waals surface area contributed by atoms with Gasteiger partial charge in [0.1, 0.15) is 12.1 Å². The number of anilines is 2. The first-order chi connectivity index (χ1) is 11.5. The normalized spacial score (nSPS) is 10.4. The van der Waals surface area contributed by atoms with Crippen LogP contribution in [0.5, 0.6) is 0 Å². The van der Waals surface area contributed by atoms with Gasteiger partial charge in [-0.1, -0.05) is 0 Å². The molecule has 2 amide bonds. The van der Waals surface area contributed by atoms with Crippen LogP contribution in [0.15, 0.2) is 46.6 Å². The summed E-state index contributed by atoms with van der Waals surface area (Å²) in [5.41, 5.74) is 1.42. The van der Waals surface area contributed by atoms with Crippen molar-refractivity contribution in [2.24, 2.45) is 0 Å². The van der Waals surface area contributed by atoms with Gasteiger partial charge in [-0.2, -0.15) is 0 Å². The largest absolute Gasteiger partial charge is 0.472 e. The lowest BCUT2D eigenvalue weighted by molar-refractivity contribution is -0.114. The maximum atomic E-state index is 14.2. The van der Waals surface area contributed by atoms with Crippen LogP contribution in [-0.4, -0.2) is 16.8 Å². The van der Waals surface area contributed by atoms with Crippen LogP contribution in [0.2, 0.25) is 0 Å². The van der Waals surface area contributed by atoms with Crippen LogP contribution >= 0.6 is 11.3 Å². The van der Waals surface area contributed by atoms with E-state index in [4.69, 9.17) is 4.42 Å². The number of benzene rings is 1. The maximum absolute atomic E-state index is 14.2. The zero-order valence-electron chi connectivity index (χ0n) is 12.5. The first-order valence-corrected chi connectivity index (χ1v) is 7.77. The number of aromatic nitrogens is 1. The second-order valence-electron chi connectivity index (χ2n) is 4.88. The average molecular weight is 345 g/mol. The second kappa shape index (κ2) is 6.63. The number of hydrogen-bond acceptors (Lipinski definition) is 5. The Balaban J connectivity index is 1.78. The first kappa shape index (κ1) is 15.9. The van der Waals surface area contributed by atoms with Crippen LogP contribution in [0.4, 0.5) is 15.2 Å². The maximum Gasteiger partial charge on any atom is 0.260 e. The molecule has 24 heavy (non-hydrogen) atoms. The molecule has 6 nitrogen and oxygen atoms in total. The lowest BCUT2D eigenvalue weighted by Crippen LogP contribution is -2.10. The van der Waals surface area contributed by atoms with Crippen LogP contribution in [0.1, 0.15) is 17.3 Å². The number of halogens is 1. The SMILES string of the molecule is CC(=O)Nc1ccc(-c2csc(NC(=O)c3ccoc3)n2)c(F)c1. The standard InChI is InChI=1S/C16H12FN3O3S/c1-9(21)18-11-2-3-12(13(17)6-11)14-8-24-16(19-14)20-15(22)10-4-5-23-7-10/h2-8H,1H3,(H,18,21)(H,19,20,22). The predicted molar refractivity (Wildman–Crippen MR) is 88.5 cm³/mol. The second-order valence-corrected chi connectivity index (χ2v) is 5.74. The Labute approximate surface area is 140 Å². The van der Waals surface area contributed by atoms with Crippen molar-refractivity contribution < 1.29 is 18.4 Å². The van der Waals surface area contributed by atoms with Crippen molar-refractivity contribution in [2.75, 3.05) is 10.6 Å². The molecule has 0 aliphatic rings. The third-order valence-corrected chi connectivity index (χ3v) is 3.83. The fourth-order valence-corrected chi connectivity index (χ4v) is 2.73. The Hall–Kier alpha value is -3.00. The Morgan fingerprint density at radius 3 is 2.75 bits per heavy atom. The van der Waals surface area contributed by atoms with Crippen molar-refractivity contribution in [2.45, 2.75) is 6.92 Å². The Kier molecular flexibility index (Phi) is 4.39. The van der Waals surface area contributed by atoms with Gasteiger partial charge >= 0.3 is 0 Å².